The Balaban J connectivity index is 1.82. The van der Waals surface area contributed by atoms with Crippen LogP contribution in [0.25, 0.3) is 0 Å². The van der Waals surface area contributed by atoms with Crippen molar-refractivity contribution in [1.29, 1.82) is 5.26 Å². The summed E-state index contributed by atoms with van der Waals surface area (Å²) in [7, 11) is 0. The molecule has 1 aromatic rings. The molecule has 0 unspecified atom stereocenters. The van der Waals surface area contributed by atoms with Crippen molar-refractivity contribution in [3.8, 4) is 6.07 Å². The summed E-state index contributed by atoms with van der Waals surface area (Å²) in [6, 6.07) is 9.30. The third-order valence-corrected chi connectivity index (χ3v) is 2.96. The lowest BCUT2D eigenvalue weighted by atomic mass is 10.1. The van der Waals surface area contributed by atoms with E-state index in [1.807, 2.05) is 0 Å². The van der Waals surface area contributed by atoms with Crippen LogP contribution >= 0.6 is 0 Å². The molecular weight excluding hydrogens is 228 g/mol. The molecule has 1 amide bonds. The molecule has 0 spiro atoms. The van der Waals surface area contributed by atoms with Gasteiger partial charge in [0.2, 0.25) is 5.91 Å². The Morgan fingerprint density at radius 1 is 1.50 bits per heavy atom. The molecule has 1 aliphatic rings. The van der Waals surface area contributed by atoms with Gasteiger partial charge in [-0.15, -0.1) is 0 Å². The molecule has 5 nitrogen and oxygen atoms in total. The molecule has 94 valence electrons. The number of benzene rings is 1. The van der Waals surface area contributed by atoms with Gasteiger partial charge in [0.1, 0.15) is 6.07 Å². The van der Waals surface area contributed by atoms with Gasteiger partial charge < -0.3 is 11.1 Å². The highest BCUT2D eigenvalue weighted by atomic mass is 16.1. The van der Waals surface area contributed by atoms with Gasteiger partial charge in [0.25, 0.3) is 0 Å². The first-order chi connectivity index (χ1) is 8.69. The second-order valence-electron chi connectivity index (χ2n) is 4.48. The number of rotatable bonds is 4. The van der Waals surface area contributed by atoms with E-state index in [0.717, 1.165) is 13.1 Å². The van der Waals surface area contributed by atoms with Crippen molar-refractivity contribution >= 4 is 11.6 Å². The summed E-state index contributed by atoms with van der Waals surface area (Å²) in [5.74, 6) is -0.0711. The van der Waals surface area contributed by atoms with Crippen LogP contribution < -0.4 is 11.1 Å². The summed E-state index contributed by atoms with van der Waals surface area (Å²) in [6.07, 6.45) is 0.423. The van der Waals surface area contributed by atoms with Crippen LogP contribution in [-0.4, -0.2) is 36.5 Å². The first-order valence-electron chi connectivity index (χ1n) is 5.96. The second-order valence-corrected chi connectivity index (χ2v) is 4.48. The highest BCUT2D eigenvalue weighted by Gasteiger charge is 2.22. The zero-order valence-corrected chi connectivity index (χ0v) is 10.1. The molecule has 0 radical (unpaired) electrons. The molecule has 1 heterocycles. The molecule has 1 aromatic carbocycles. The Morgan fingerprint density at radius 2 is 2.22 bits per heavy atom. The fraction of sp³-hybridized carbons (Fsp3) is 0.385. The van der Waals surface area contributed by atoms with E-state index in [2.05, 4.69) is 16.3 Å². The molecule has 0 saturated carbocycles. The van der Waals surface area contributed by atoms with Crippen LogP contribution in [0, 0.1) is 11.3 Å². The van der Waals surface area contributed by atoms with Gasteiger partial charge in [-0.3, -0.25) is 9.69 Å². The van der Waals surface area contributed by atoms with Gasteiger partial charge >= 0.3 is 0 Å². The third-order valence-electron chi connectivity index (χ3n) is 2.96. The summed E-state index contributed by atoms with van der Waals surface area (Å²) in [6.45, 7) is 2.44. The number of hydrogen-bond acceptors (Lipinski definition) is 4. The number of hydrogen-bond donors (Lipinski definition) is 2. The third kappa shape index (κ3) is 3.06. The molecular formula is C13H16N4O. The molecule has 2 rings (SSSR count). The number of para-hydroxylation sites is 1. The van der Waals surface area contributed by atoms with E-state index >= 15 is 0 Å². The Labute approximate surface area is 106 Å². The van der Waals surface area contributed by atoms with Crippen molar-refractivity contribution in [1.82, 2.24) is 4.90 Å². The average Bonchev–Trinajstić information content (AvgIpc) is 2.34. The number of likely N-dealkylation sites (tertiary alicyclic amines) is 1. The van der Waals surface area contributed by atoms with E-state index in [1.54, 1.807) is 24.3 Å². The zero-order valence-electron chi connectivity index (χ0n) is 10.1. The van der Waals surface area contributed by atoms with Crippen molar-refractivity contribution in [3.05, 3.63) is 29.8 Å². The highest BCUT2D eigenvalue weighted by Crippen LogP contribution is 2.14. The van der Waals surface area contributed by atoms with Crippen molar-refractivity contribution in [2.24, 2.45) is 5.73 Å². The van der Waals surface area contributed by atoms with Crippen LogP contribution in [0.4, 0.5) is 5.69 Å². The van der Waals surface area contributed by atoms with Gasteiger partial charge in [0.05, 0.1) is 11.3 Å². The molecule has 0 bridgehead atoms. The Morgan fingerprint density at radius 3 is 2.89 bits per heavy atom. The molecule has 0 aliphatic carbocycles. The van der Waals surface area contributed by atoms with E-state index in [4.69, 9.17) is 11.0 Å². The van der Waals surface area contributed by atoms with Gasteiger partial charge in [0.15, 0.2) is 0 Å². The number of nitrogens with two attached hydrogens (primary N) is 1. The molecule has 1 saturated heterocycles. The molecule has 1 fully saturated rings. The Kier molecular flexibility index (Phi) is 3.92. The topological polar surface area (TPSA) is 82.2 Å². The van der Waals surface area contributed by atoms with Gasteiger partial charge in [-0.05, 0) is 12.1 Å². The normalized spacial score (nSPS) is 15.8. The SMILES string of the molecule is N#Cc1ccccc1NC(=O)CCN1CC(N)C1. The molecule has 18 heavy (non-hydrogen) atoms. The maximum atomic E-state index is 11.7. The first kappa shape index (κ1) is 12.6. The standard InChI is InChI=1S/C13H16N4O/c14-7-10-3-1-2-4-12(10)16-13(18)5-6-17-8-11(15)9-17/h1-4,11H,5-6,8-9,15H2,(H,16,18). The zero-order chi connectivity index (χ0) is 13.0. The van der Waals surface area contributed by atoms with E-state index in [0.29, 0.717) is 24.2 Å². The number of anilines is 1. The Bertz CT molecular complexity index is 474. The number of nitrogens with zero attached hydrogens (tertiary/aromatic N) is 2. The van der Waals surface area contributed by atoms with Gasteiger partial charge in [-0.2, -0.15) is 5.26 Å². The number of nitriles is 1. The summed E-state index contributed by atoms with van der Waals surface area (Å²) in [5.41, 5.74) is 6.72. The lowest BCUT2D eigenvalue weighted by Gasteiger charge is -2.36. The fourth-order valence-corrected chi connectivity index (χ4v) is 1.95. The lowest BCUT2D eigenvalue weighted by molar-refractivity contribution is -0.116. The van der Waals surface area contributed by atoms with E-state index < -0.39 is 0 Å². The molecule has 3 N–H and O–H groups in total. The number of carbonyl (C=O) groups is 1. The largest absolute Gasteiger partial charge is 0.325 e. The van der Waals surface area contributed by atoms with Gasteiger partial charge in [0, 0.05) is 32.1 Å². The highest BCUT2D eigenvalue weighted by molar-refractivity contribution is 5.92. The smallest absolute Gasteiger partial charge is 0.225 e. The number of carbonyl (C=O) groups excluding carboxylic acids is 1. The monoisotopic (exact) mass is 244 g/mol. The van der Waals surface area contributed by atoms with Gasteiger partial charge in [-0.1, -0.05) is 12.1 Å². The molecule has 0 atom stereocenters. The van der Waals surface area contributed by atoms with Crippen molar-refractivity contribution < 1.29 is 4.79 Å². The summed E-state index contributed by atoms with van der Waals surface area (Å²) < 4.78 is 0. The predicted molar refractivity (Wildman–Crippen MR) is 68.8 cm³/mol. The first-order valence-corrected chi connectivity index (χ1v) is 5.96. The minimum atomic E-state index is -0.0711. The van der Waals surface area contributed by atoms with Crippen LogP contribution in [0.5, 0.6) is 0 Å². The second kappa shape index (κ2) is 5.63. The maximum Gasteiger partial charge on any atom is 0.225 e. The van der Waals surface area contributed by atoms with E-state index in [1.165, 1.54) is 0 Å². The van der Waals surface area contributed by atoms with Crippen LogP contribution in [0.15, 0.2) is 24.3 Å². The predicted octanol–water partition coefficient (Wildman–Crippen LogP) is 0.530. The van der Waals surface area contributed by atoms with Crippen LogP contribution in [0.2, 0.25) is 0 Å². The van der Waals surface area contributed by atoms with Gasteiger partial charge in [-0.25, -0.2) is 0 Å². The summed E-state index contributed by atoms with van der Waals surface area (Å²) in [4.78, 5) is 13.9. The minimum Gasteiger partial charge on any atom is -0.325 e. The number of amides is 1. The molecule has 1 aliphatic heterocycles. The number of nitrogens with one attached hydrogen (secondary N) is 1. The van der Waals surface area contributed by atoms with Crippen LogP contribution in [-0.2, 0) is 4.79 Å². The van der Waals surface area contributed by atoms with Crippen molar-refractivity contribution in [3.63, 3.8) is 0 Å². The summed E-state index contributed by atoms with van der Waals surface area (Å²) in [5, 5.41) is 11.7. The van der Waals surface area contributed by atoms with E-state index in [9.17, 15) is 4.79 Å². The molecule has 5 heteroatoms. The lowest BCUT2D eigenvalue weighted by Crippen LogP contribution is -2.56. The van der Waals surface area contributed by atoms with E-state index in [-0.39, 0.29) is 11.9 Å². The average molecular weight is 244 g/mol. The quantitative estimate of drug-likeness (QED) is 0.809. The molecule has 0 aromatic heterocycles. The maximum absolute atomic E-state index is 11.7. The fourth-order valence-electron chi connectivity index (χ4n) is 1.95. The van der Waals surface area contributed by atoms with Crippen LogP contribution in [0.3, 0.4) is 0 Å². The minimum absolute atomic E-state index is 0.0711. The van der Waals surface area contributed by atoms with Crippen molar-refractivity contribution in [2.45, 2.75) is 12.5 Å². The van der Waals surface area contributed by atoms with Crippen LogP contribution in [0.1, 0.15) is 12.0 Å². The summed E-state index contributed by atoms with van der Waals surface area (Å²) >= 11 is 0. The Hall–Kier alpha value is -1.90. The van der Waals surface area contributed by atoms with Crippen molar-refractivity contribution in [2.75, 3.05) is 25.0 Å².